The smallest absolute Gasteiger partial charge is 0.269 e. The van der Waals surface area contributed by atoms with Gasteiger partial charge in [0.05, 0.1) is 5.69 Å². The normalized spacial score (nSPS) is 10.9. The minimum Gasteiger partial charge on any atom is -0.269 e. The maximum absolute atomic E-state index is 13.0. The molecule has 0 bridgehead atoms. The molecule has 2 aromatic carbocycles. The van der Waals surface area contributed by atoms with Crippen LogP contribution in [0.3, 0.4) is 0 Å². The minimum atomic E-state index is -0.326. The van der Waals surface area contributed by atoms with Gasteiger partial charge in [0.1, 0.15) is 0 Å². The third-order valence-corrected chi connectivity index (χ3v) is 4.86. The van der Waals surface area contributed by atoms with Crippen molar-refractivity contribution in [3.8, 4) is 16.8 Å². The van der Waals surface area contributed by atoms with E-state index in [2.05, 4.69) is 0 Å². The maximum Gasteiger partial charge on any atom is 0.335 e. The Morgan fingerprint density at radius 3 is 2.31 bits per heavy atom. The third kappa shape index (κ3) is 3.37. The Labute approximate surface area is 157 Å². The molecule has 134 valence electrons. The predicted molar refractivity (Wildman–Crippen MR) is 107 cm³/mol. The zero-order valence-corrected chi connectivity index (χ0v) is 15.7. The standard InChI is InChI=1S/C21H21ClN2O2/c1-15-16(2)24(21(26)23(20(15)25)13-7-12-22)19-11-6-10-18(14-19)17-8-4-3-5-9-17/h3-6,8-11,14H,7,12-13H2,1-2H3. The van der Waals surface area contributed by atoms with Gasteiger partial charge in [-0.1, -0.05) is 42.5 Å². The first-order chi connectivity index (χ1) is 12.5. The Kier molecular flexibility index (Phi) is 5.43. The van der Waals surface area contributed by atoms with Crippen LogP contribution in [0.5, 0.6) is 0 Å². The van der Waals surface area contributed by atoms with Gasteiger partial charge in [0.25, 0.3) is 5.56 Å². The van der Waals surface area contributed by atoms with Crippen molar-refractivity contribution in [3.63, 3.8) is 0 Å². The van der Waals surface area contributed by atoms with Gasteiger partial charge in [-0.05, 0) is 43.5 Å². The summed E-state index contributed by atoms with van der Waals surface area (Å²) in [6, 6.07) is 17.8. The Morgan fingerprint density at radius 2 is 1.62 bits per heavy atom. The first kappa shape index (κ1) is 18.2. The molecule has 0 fully saturated rings. The summed E-state index contributed by atoms with van der Waals surface area (Å²) < 4.78 is 2.89. The zero-order chi connectivity index (χ0) is 18.7. The second kappa shape index (κ2) is 7.75. The van der Waals surface area contributed by atoms with Crippen molar-refractivity contribution in [2.75, 3.05) is 5.88 Å². The Morgan fingerprint density at radius 1 is 0.923 bits per heavy atom. The van der Waals surface area contributed by atoms with Crippen molar-refractivity contribution in [1.29, 1.82) is 0 Å². The van der Waals surface area contributed by atoms with E-state index in [0.717, 1.165) is 16.8 Å². The van der Waals surface area contributed by atoms with E-state index >= 15 is 0 Å². The molecular weight excluding hydrogens is 348 g/mol. The number of halogens is 1. The molecule has 0 aliphatic heterocycles. The highest BCUT2D eigenvalue weighted by molar-refractivity contribution is 6.17. The van der Waals surface area contributed by atoms with Gasteiger partial charge in [0.2, 0.25) is 0 Å². The highest BCUT2D eigenvalue weighted by Crippen LogP contribution is 2.22. The Bertz CT molecular complexity index is 1040. The highest BCUT2D eigenvalue weighted by atomic mass is 35.5. The lowest BCUT2D eigenvalue weighted by atomic mass is 10.1. The quantitative estimate of drug-likeness (QED) is 0.641. The van der Waals surface area contributed by atoms with Crippen LogP contribution >= 0.6 is 11.6 Å². The van der Waals surface area contributed by atoms with Gasteiger partial charge in [-0.15, -0.1) is 11.6 Å². The van der Waals surface area contributed by atoms with Crippen LogP contribution < -0.4 is 11.2 Å². The summed E-state index contributed by atoms with van der Waals surface area (Å²) in [5, 5.41) is 0. The predicted octanol–water partition coefficient (Wildman–Crippen LogP) is 3.91. The van der Waals surface area contributed by atoms with Crippen LogP contribution in [0.15, 0.2) is 64.2 Å². The lowest BCUT2D eigenvalue weighted by molar-refractivity contribution is 0.588. The van der Waals surface area contributed by atoms with E-state index in [9.17, 15) is 9.59 Å². The molecule has 0 saturated heterocycles. The SMILES string of the molecule is Cc1c(C)n(-c2cccc(-c3ccccc3)c2)c(=O)n(CCCCl)c1=O. The fraction of sp³-hybridized carbons (Fsp3) is 0.238. The monoisotopic (exact) mass is 368 g/mol. The molecule has 0 saturated carbocycles. The van der Waals surface area contributed by atoms with Crippen LogP contribution in [-0.4, -0.2) is 15.0 Å². The van der Waals surface area contributed by atoms with Crippen molar-refractivity contribution >= 4 is 11.6 Å². The van der Waals surface area contributed by atoms with Crippen LogP contribution in [0.2, 0.25) is 0 Å². The number of nitrogens with zero attached hydrogens (tertiary/aromatic N) is 2. The summed E-state index contributed by atoms with van der Waals surface area (Å²) in [6.45, 7) is 3.88. The average molecular weight is 369 g/mol. The summed E-state index contributed by atoms with van der Waals surface area (Å²) >= 11 is 5.75. The lowest BCUT2D eigenvalue weighted by Gasteiger charge is -2.16. The topological polar surface area (TPSA) is 44.0 Å². The van der Waals surface area contributed by atoms with Crippen molar-refractivity contribution in [1.82, 2.24) is 9.13 Å². The molecule has 1 heterocycles. The molecule has 0 unspecified atom stereocenters. The molecule has 0 amide bonds. The molecule has 0 N–H and O–H groups in total. The molecule has 0 spiro atoms. The summed E-state index contributed by atoms with van der Waals surface area (Å²) in [5.74, 6) is 0.405. The minimum absolute atomic E-state index is 0.243. The molecule has 4 nitrogen and oxygen atoms in total. The van der Waals surface area contributed by atoms with E-state index in [4.69, 9.17) is 11.6 Å². The largest absolute Gasteiger partial charge is 0.335 e. The third-order valence-electron chi connectivity index (χ3n) is 4.59. The molecule has 0 radical (unpaired) electrons. The van der Waals surface area contributed by atoms with E-state index < -0.39 is 0 Å². The second-order valence-corrected chi connectivity index (χ2v) is 6.62. The first-order valence-corrected chi connectivity index (χ1v) is 9.13. The number of hydrogen-bond donors (Lipinski definition) is 0. The molecule has 26 heavy (non-hydrogen) atoms. The molecule has 3 aromatic rings. The van der Waals surface area contributed by atoms with Gasteiger partial charge in [0.15, 0.2) is 0 Å². The van der Waals surface area contributed by atoms with Crippen molar-refractivity contribution in [2.24, 2.45) is 0 Å². The van der Waals surface area contributed by atoms with Gasteiger partial charge >= 0.3 is 5.69 Å². The molecule has 3 rings (SSSR count). The molecule has 0 aliphatic rings. The van der Waals surface area contributed by atoms with Gasteiger partial charge in [-0.25, -0.2) is 4.79 Å². The average Bonchev–Trinajstić information content (AvgIpc) is 2.67. The van der Waals surface area contributed by atoms with Crippen molar-refractivity contribution in [2.45, 2.75) is 26.8 Å². The first-order valence-electron chi connectivity index (χ1n) is 8.59. The number of rotatable bonds is 5. The Hall–Kier alpha value is -2.59. The van der Waals surface area contributed by atoms with E-state index in [-0.39, 0.29) is 11.2 Å². The fourth-order valence-electron chi connectivity index (χ4n) is 3.05. The number of alkyl halides is 1. The summed E-state index contributed by atoms with van der Waals surface area (Å²) in [4.78, 5) is 25.5. The van der Waals surface area contributed by atoms with Crippen LogP contribution in [0.4, 0.5) is 0 Å². The van der Waals surface area contributed by atoms with Crippen LogP contribution in [0.25, 0.3) is 16.8 Å². The lowest BCUT2D eigenvalue weighted by Crippen LogP contribution is -2.42. The van der Waals surface area contributed by atoms with E-state index in [1.54, 1.807) is 18.4 Å². The van der Waals surface area contributed by atoms with Gasteiger partial charge in [0, 0.05) is 23.7 Å². The molecule has 0 atom stereocenters. The number of benzene rings is 2. The Balaban J connectivity index is 2.20. The maximum atomic E-state index is 13.0. The zero-order valence-electron chi connectivity index (χ0n) is 14.9. The van der Waals surface area contributed by atoms with Crippen molar-refractivity contribution < 1.29 is 0 Å². The summed E-state index contributed by atoms with van der Waals surface area (Å²) in [6.07, 6.45) is 0.573. The summed E-state index contributed by atoms with van der Waals surface area (Å²) in [7, 11) is 0. The van der Waals surface area contributed by atoms with Gasteiger partial charge in [-0.3, -0.25) is 13.9 Å². The van der Waals surface area contributed by atoms with Crippen molar-refractivity contribution in [3.05, 3.63) is 86.7 Å². The van der Waals surface area contributed by atoms with E-state index in [1.165, 1.54) is 4.57 Å². The van der Waals surface area contributed by atoms with E-state index in [0.29, 0.717) is 30.1 Å². The van der Waals surface area contributed by atoms with Crippen LogP contribution in [0, 0.1) is 13.8 Å². The van der Waals surface area contributed by atoms with Gasteiger partial charge in [-0.2, -0.15) is 0 Å². The molecular formula is C21H21ClN2O2. The molecule has 5 heteroatoms. The van der Waals surface area contributed by atoms with Crippen LogP contribution in [0.1, 0.15) is 17.7 Å². The molecule has 0 aliphatic carbocycles. The van der Waals surface area contributed by atoms with Crippen LogP contribution in [-0.2, 0) is 6.54 Å². The number of hydrogen-bond acceptors (Lipinski definition) is 2. The fourth-order valence-corrected chi connectivity index (χ4v) is 3.17. The number of aromatic nitrogens is 2. The van der Waals surface area contributed by atoms with E-state index in [1.807, 2.05) is 54.6 Å². The summed E-state index contributed by atoms with van der Waals surface area (Å²) in [5.41, 5.74) is 3.51. The molecule has 1 aromatic heterocycles. The van der Waals surface area contributed by atoms with Gasteiger partial charge < -0.3 is 0 Å². The highest BCUT2D eigenvalue weighted by Gasteiger charge is 2.15. The second-order valence-electron chi connectivity index (χ2n) is 6.24.